The monoisotopic (exact) mass is 294 g/mol. The van der Waals surface area contributed by atoms with Gasteiger partial charge < -0.3 is 14.2 Å². The van der Waals surface area contributed by atoms with Gasteiger partial charge in [0.1, 0.15) is 6.61 Å². The van der Waals surface area contributed by atoms with Crippen LogP contribution in [0.4, 0.5) is 0 Å². The van der Waals surface area contributed by atoms with E-state index in [2.05, 4.69) is 25.5 Å². The molecule has 116 valence electrons. The van der Waals surface area contributed by atoms with Gasteiger partial charge in [-0.2, -0.15) is 0 Å². The van der Waals surface area contributed by atoms with E-state index < -0.39 is 5.97 Å². The van der Waals surface area contributed by atoms with Crippen LogP contribution in [0.25, 0.3) is 0 Å². The number of ether oxygens (including phenoxy) is 3. The summed E-state index contributed by atoms with van der Waals surface area (Å²) in [6.07, 6.45) is 0. The Hall–Kier alpha value is -2.04. The van der Waals surface area contributed by atoms with Crippen LogP contribution in [0.2, 0.25) is 0 Å². The molecule has 0 aliphatic carbocycles. The molecule has 0 atom stereocenters. The number of ketones is 1. The van der Waals surface area contributed by atoms with Gasteiger partial charge in [-0.25, -0.2) is 4.79 Å². The summed E-state index contributed by atoms with van der Waals surface area (Å²) >= 11 is 0. The largest absolute Gasteiger partial charge is 0.482 e. The molecule has 0 spiro atoms. The van der Waals surface area contributed by atoms with Crippen LogP contribution in [0.15, 0.2) is 18.2 Å². The van der Waals surface area contributed by atoms with E-state index in [-0.39, 0.29) is 24.4 Å². The highest BCUT2D eigenvalue weighted by molar-refractivity contribution is 5.77. The summed E-state index contributed by atoms with van der Waals surface area (Å²) in [5.41, 5.74) is 0.972. The molecule has 0 N–H and O–H groups in total. The summed E-state index contributed by atoms with van der Waals surface area (Å²) in [5, 5.41) is 0. The average Bonchev–Trinajstić information content (AvgIpc) is 2.41. The number of esters is 1. The molecule has 1 aromatic rings. The van der Waals surface area contributed by atoms with Gasteiger partial charge in [-0.15, -0.1) is 0 Å². The molecular formula is C16H22O5. The Labute approximate surface area is 125 Å². The quantitative estimate of drug-likeness (QED) is 0.754. The first kappa shape index (κ1) is 17.0. The van der Waals surface area contributed by atoms with Crippen molar-refractivity contribution in [2.45, 2.75) is 33.1 Å². The van der Waals surface area contributed by atoms with Crippen molar-refractivity contribution in [2.24, 2.45) is 0 Å². The highest BCUT2D eigenvalue weighted by Crippen LogP contribution is 2.33. The highest BCUT2D eigenvalue weighted by atomic mass is 16.6. The van der Waals surface area contributed by atoms with Crippen LogP contribution < -0.4 is 9.47 Å². The number of carbonyl (C=O) groups excluding carboxylic acids is 2. The summed E-state index contributed by atoms with van der Waals surface area (Å²) < 4.78 is 15.4. The summed E-state index contributed by atoms with van der Waals surface area (Å²) in [5.74, 6) is 0.290. The van der Waals surface area contributed by atoms with E-state index in [1.54, 1.807) is 6.07 Å². The van der Waals surface area contributed by atoms with Crippen molar-refractivity contribution in [2.75, 3.05) is 20.3 Å². The van der Waals surface area contributed by atoms with Crippen LogP contribution in [0.1, 0.15) is 33.3 Å². The van der Waals surface area contributed by atoms with Crippen molar-refractivity contribution in [3.8, 4) is 11.5 Å². The molecule has 0 saturated carbocycles. The molecule has 0 radical (unpaired) electrons. The van der Waals surface area contributed by atoms with Crippen molar-refractivity contribution >= 4 is 11.8 Å². The van der Waals surface area contributed by atoms with Gasteiger partial charge in [0, 0.05) is 0 Å². The van der Waals surface area contributed by atoms with E-state index in [1.807, 2.05) is 12.1 Å². The van der Waals surface area contributed by atoms with Crippen LogP contribution >= 0.6 is 0 Å². The van der Waals surface area contributed by atoms with E-state index in [1.165, 1.54) is 14.0 Å². The molecule has 0 aromatic heterocycles. The first-order valence-electron chi connectivity index (χ1n) is 6.70. The molecule has 0 amide bonds. The van der Waals surface area contributed by atoms with Gasteiger partial charge in [0.2, 0.25) is 0 Å². The second-order valence-corrected chi connectivity index (χ2v) is 5.77. The van der Waals surface area contributed by atoms with E-state index in [0.29, 0.717) is 11.5 Å². The summed E-state index contributed by atoms with van der Waals surface area (Å²) in [7, 11) is 1.30. The van der Waals surface area contributed by atoms with Gasteiger partial charge in [0.15, 0.2) is 23.9 Å². The number of carbonyl (C=O) groups is 2. The van der Waals surface area contributed by atoms with Crippen molar-refractivity contribution in [1.82, 2.24) is 0 Å². The van der Waals surface area contributed by atoms with Crippen molar-refractivity contribution < 1.29 is 23.8 Å². The van der Waals surface area contributed by atoms with Gasteiger partial charge in [0.05, 0.1) is 7.11 Å². The molecule has 21 heavy (non-hydrogen) atoms. The zero-order valence-electron chi connectivity index (χ0n) is 13.2. The highest BCUT2D eigenvalue weighted by Gasteiger charge is 2.17. The number of hydrogen-bond acceptors (Lipinski definition) is 5. The van der Waals surface area contributed by atoms with Crippen LogP contribution in [0.5, 0.6) is 11.5 Å². The van der Waals surface area contributed by atoms with Gasteiger partial charge in [-0.05, 0) is 30.0 Å². The number of rotatable bonds is 6. The molecule has 0 heterocycles. The first-order valence-corrected chi connectivity index (χ1v) is 6.70. The summed E-state index contributed by atoms with van der Waals surface area (Å²) in [6.45, 7) is 7.41. The molecule has 5 heteroatoms. The third kappa shape index (κ3) is 5.45. The van der Waals surface area contributed by atoms with Crippen molar-refractivity contribution in [3.63, 3.8) is 0 Å². The minimum absolute atomic E-state index is 0.0382. The van der Waals surface area contributed by atoms with Crippen LogP contribution in [-0.4, -0.2) is 32.1 Å². The Morgan fingerprint density at radius 3 is 2.19 bits per heavy atom. The molecule has 1 aromatic carbocycles. The number of benzene rings is 1. The van der Waals surface area contributed by atoms with Gasteiger partial charge in [-0.3, -0.25) is 4.79 Å². The topological polar surface area (TPSA) is 61.8 Å². The fourth-order valence-electron chi connectivity index (χ4n) is 1.58. The Kier molecular flexibility index (Phi) is 5.76. The van der Waals surface area contributed by atoms with Crippen LogP contribution in [0.3, 0.4) is 0 Å². The average molecular weight is 294 g/mol. The molecule has 0 saturated heterocycles. The minimum atomic E-state index is -0.478. The van der Waals surface area contributed by atoms with E-state index in [9.17, 15) is 9.59 Å². The third-order valence-corrected chi connectivity index (χ3v) is 2.81. The van der Waals surface area contributed by atoms with Gasteiger partial charge in [0.25, 0.3) is 0 Å². The second kappa shape index (κ2) is 7.11. The maximum atomic E-state index is 11.2. The first-order chi connectivity index (χ1) is 9.74. The lowest BCUT2D eigenvalue weighted by Gasteiger charge is -2.21. The number of methoxy groups -OCH3 is 1. The Balaban J connectivity index is 3.00. The summed E-state index contributed by atoms with van der Waals surface area (Å²) in [4.78, 5) is 22.2. The predicted molar refractivity (Wildman–Crippen MR) is 78.8 cm³/mol. The van der Waals surface area contributed by atoms with E-state index in [0.717, 1.165) is 5.56 Å². The van der Waals surface area contributed by atoms with Crippen LogP contribution in [-0.2, 0) is 19.7 Å². The third-order valence-electron chi connectivity index (χ3n) is 2.81. The maximum absolute atomic E-state index is 11.2. The Morgan fingerprint density at radius 1 is 1.05 bits per heavy atom. The number of Topliss-reactive ketones (excluding diaryl/α,β-unsaturated/α-hetero) is 1. The fourth-order valence-corrected chi connectivity index (χ4v) is 1.58. The lowest BCUT2D eigenvalue weighted by molar-refractivity contribution is -0.143. The predicted octanol–water partition coefficient (Wildman–Crippen LogP) is 2.50. The smallest absolute Gasteiger partial charge is 0.343 e. The molecule has 0 unspecified atom stereocenters. The minimum Gasteiger partial charge on any atom is -0.482 e. The van der Waals surface area contributed by atoms with E-state index >= 15 is 0 Å². The summed E-state index contributed by atoms with van der Waals surface area (Å²) in [6, 6.07) is 5.48. The molecular weight excluding hydrogens is 272 g/mol. The van der Waals surface area contributed by atoms with Crippen molar-refractivity contribution in [1.29, 1.82) is 0 Å². The molecule has 0 fully saturated rings. The number of hydrogen-bond donors (Lipinski definition) is 0. The van der Waals surface area contributed by atoms with E-state index in [4.69, 9.17) is 9.47 Å². The lowest BCUT2D eigenvalue weighted by Crippen LogP contribution is -2.16. The molecule has 0 bridgehead atoms. The fraction of sp³-hybridized carbons (Fsp3) is 0.500. The Morgan fingerprint density at radius 2 is 1.67 bits per heavy atom. The van der Waals surface area contributed by atoms with Crippen molar-refractivity contribution in [3.05, 3.63) is 23.8 Å². The SMILES string of the molecule is COC(=O)COc1cc(C(C)(C)C)ccc1OCC(C)=O. The molecule has 0 aliphatic rings. The van der Waals surface area contributed by atoms with Gasteiger partial charge >= 0.3 is 5.97 Å². The zero-order chi connectivity index (χ0) is 16.0. The maximum Gasteiger partial charge on any atom is 0.343 e. The standard InChI is InChI=1S/C16H22O5/c1-11(17)9-20-13-7-6-12(16(2,3)4)8-14(13)21-10-15(18)19-5/h6-8H,9-10H2,1-5H3. The van der Waals surface area contributed by atoms with Crippen LogP contribution in [0, 0.1) is 0 Å². The normalized spacial score (nSPS) is 10.9. The Bertz CT molecular complexity index is 514. The van der Waals surface area contributed by atoms with Gasteiger partial charge in [-0.1, -0.05) is 26.8 Å². The zero-order valence-corrected chi connectivity index (χ0v) is 13.2. The lowest BCUT2D eigenvalue weighted by atomic mass is 9.87. The second-order valence-electron chi connectivity index (χ2n) is 5.77. The molecule has 0 aliphatic heterocycles. The molecule has 1 rings (SSSR count). The molecule has 5 nitrogen and oxygen atoms in total.